The van der Waals surface area contributed by atoms with Gasteiger partial charge in [0.2, 0.25) is 10.0 Å². The molecular weight excluding hydrogens is 462 g/mol. The van der Waals surface area contributed by atoms with Crippen LogP contribution in [-0.4, -0.2) is 41.5 Å². The van der Waals surface area contributed by atoms with E-state index >= 15 is 0 Å². The molecule has 0 saturated carbocycles. The van der Waals surface area contributed by atoms with Gasteiger partial charge >= 0.3 is 0 Å². The molecule has 1 fully saturated rings. The van der Waals surface area contributed by atoms with E-state index in [1.165, 1.54) is 10.4 Å². The molecule has 1 saturated heterocycles. The highest BCUT2D eigenvalue weighted by Gasteiger charge is 2.31. The number of nitrogens with one attached hydrogen (secondary N) is 1. The summed E-state index contributed by atoms with van der Waals surface area (Å²) in [4.78, 5) is 12.7. The average molecular weight is 489 g/mol. The SMILES string of the molecule is Cc1nn(Cc2ccc(C(=O)Nc3ccc(F)c(F)c3)cc2)c(C)c1S(=O)(=O)N1CCCCC1. The van der Waals surface area contributed by atoms with Crippen molar-refractivity contribution in [3.63, 3.8) is 0 Å². The quantitative estimate of drug-likeness (QED) is 0.562. The minimum atomic E-state index is -3.60. The Morgan fingerprint density at radius 2 is 1.68 bits per heavy atom. The van der Waals surface area contributed by atoms with E-state index in [9.17, 15) is 22.0 Å². The Labute approximate surface area is 197 Å². The van der Waals surface area contributed by atoms with Gasteiger partial charge in [-0.05, 0) is 56.5 Å². The Hall–Kier alpha value is -3.11. The molecular formula is C24H26F2N4O3S. The number of hydrogen-bond acceptors (Lipinski definition) is 4. The first-order chi connectivity index (χ1) is 16.2. The topological polar surface area (TPSA) is 84.3 Å². The number of hydrogen-bond donors (Lipinski definition) is 1. The van der Waals surface area contributed by atoms with Gasteiger partial charge in [0.15, 0.2) is 11.6 Å². The molecule has 0 bridgehead atoms. The lowest BCUT2D eigenvalue weighted by molar-refractivity contribution is 0.102. The van der Waals surface area contributed by atoms with Crippen LogP contribution < -0.4 is 5.32 Å². The lowest BCUT2D eigenvalue weighted by Gasteiger charge is -2.26. The van der Waals surface area contributed by atoms with Crippen molar-refractivity contribution in [1.82, 2.24) is 14.1 Å². The van der Waals surface area contributed by atoms with Gasteiger partial charge < -0.3 is 5.32 Å². The summed E-state index contributed by atoms with van der Waals surface area (Å²) in [7, 11) is -3.60. The molecule has 0 spiro atoms. The number of benzene rings is 2. The van der Waals surface area contributed by atoms with Crippen LogP contribution in [0.3, 0.4) is 0 Å². The number of amides is 1. The number of sulfonamides is 1. The highest BCUT2D eigenvalue weighted by Crippen LogP contribution is 2.26. The molecule has 4 rings (SSSR count). The largest absolute Gasteiger partial charge is 0.322 e. The van der Waals surface area contributed by atoms with Gasteiger partial charge in [-0.15, -0.1) is 0 Å². The fourth-order valence-corrected chi connectivity index (χ4v) is 6.04. The number of halogens is 2. The molecule has 180 valence electrons. The van der Waals surface area contributed by atoms with Crippen molar-refractivity contribution in [1.29, 1.82) is 0 Å². The standard InChI is InChI=1S/C24H26F2N4O3S/c1-16-23(34(32,33)29-12-4-3-5-13-29)17(2)30(28-16)15-18-6-8-19(9-7-18)24(31)27-20-10-11-21(25)22(26)14-20/h6-11,14H,3-5,12-13,15H2,1-2H3,(H,27,31). The van der Waals surface area contributed by atoms with Gasteiger partial charge in [0, 0.05) is 30.4 Å². The first-order valence-corrected chi connectivity index (χ1v) is 12.5. The van der Waals surface area contributed by atoms with Gasteiger partial charge in [0.25, 0.3) is 5.91 Å². The normalized spacial score (nSPS) is 14.8. The lowest BCUT2D eigenvalue weighted by atomic mass is 10.1. The maximum Gasteiger partial charge on any atom is 0.255 e. The number of carbonyl (C=O) groups excluding carboxylic acids is 1. The summed E-state index contributed by atoms with van der Waals surface area (Å²) >= 11 is 0. The number of nitrogens with zero attached hydrogens (tertiary/aromatic N) is 3. The zero-order valence-electron chi connectivity index (χ0n) is 19.0. The monoisotopic (exact) mass is 488 g/mol. The minimum absolute atomic E-state index is 0.151. The zero-order chi connectivity index (χ0) is 24.5. The van der Waals surface area contributed by atoms with Crippen molar-refractivity contribution in [2.75, 3.05) is 18.4 Å². The molecule has 0 radical (unpaired) electrons. The van der Waals surface area contributed by atoms with Crippen molar-refractivity contribution in [3.05, 3.63) is 76.6 Å². The first kappa shape index (κ1) is 24.0. The van der Waals surface area contributed by atoms with E-state index in [0.29, 0.717) is 36.6 Å². The molecule has 2 aromatic carbocycles. The molecule has 0 atom stereocenters. The van der Waals surface area contributed by atoms with Crippen molar-refractivity contribution >= 4 is 21.6 Å². The maximum atomic E-state index is 13.4. The summed E-state index contributed by atoms with van der Waals surface area (Å²) < 4.78 is 56.0. The molecule has 3 aromatic rings. The molecule has 2 heterocycles. The number of rotatable bonds is 6. The van der Waals surface area contributed by atoms with Gasteiger partial charge in [-0.2, -0.15) is 9.40 Å². The molecule has 1 aromatic heterocycles. The van der Waals surface area contributed by atoms with Crippen LogP contribution >= 0.6 is 0 Å². The predicted octanol–water partition coefficient (Wildman–Crippen LogP) is 4.25. The minimum Gasteiger partial charge on any atom is -0.322 e. The first-order valence-electron chi connectivity index (χ1n) is 11.1. The lowest BCUT2D eigenvalue weighted by Crippen LogP contribution is -2.36. The van der Waals surface area contributed by atoms with E-state index < -0.39 is 27.6 Å². The van der Waals surface area contributed by atoms with Crippen molar-refractivity contribution < 1.29 is 22.0 Å². The van der Waals surface area contributed by atoms with Crippen LogP contribution in [0, 0.1) is 25.5 Å². The molecule has 1 aliphatic rings. The second-order valence-corrected chi connectivity index (χ2v) is 10.3. The van der Waals surface area contributed by atoms with Gasteiger partial charge in [0.1, 0.15) is 4.90 Å². The van der Waals surface area contributed by atoms with E-state index in [2.05, 4.69) is 10.4 Å². The summed E-state index contributed by atoms with van der Waals surface area (Å²) in [5, 5.41) is 6.99. The van der Waals surface area contributed by atoms with Crippen LogP contribution in [0.2, 0.25) is 0 Å². The van der Waals surface area contributed by atoms with Crippen molar-refractivity contribution in [3.8, 4) is 0 Å². The highest BCUT2D eigenvalue weighted by molar-refractivity contribution is 7.89. The van der Waals surface area contributed by atoms with Gasteiger partial charge in [-0.1, -0.05) is 18.6 Å². The Balaban J connectivity index is 1.49. The van der Waals surface area contributed by atoms with Gasteiger partial charge in [-0.25, -0.2) is 17.2 Å². The van der Waals surface area contributed by atoms with Crippen LogP contribution in [0.5, 0.6) is 0 Å². The average Bonchev–Trinajstić information content (AvgIpc) is 3.10. The number of carbonyl (C=O) groups is 1. The van der Waals surface area contributed by atoms with Crippen LogP contribution in [0.25, 0.3) is 0 Å². The number of aromatic nitrogens is 2. The number of anilines is 1. The smallest absolute Gasteiger partial charge is 0.255 e. The Kier molecular flexibility index (Phi) is 6.81. The van der Waals surface area contributed by atoms with E-state index in [-0.39, 0.29) is 10.6 Å². The third kappa shape index (κ3) is 4.88. The summed E-state index contributed by atoms with van der Waals surface area (Å²) in [6.45, 7) is 4.85. The molecule has 10 heteroatoms. The Morgan fingerprint density at radius 3 is 2.32 bits per heavy atom. The summed E-state index contributed by atoms with van der Waals surface area (Å²) in [6, 6.07) is 9.86. The highest BCUT2D eigenvalue weighted by atomic mass is 32.2. The second-order valence-electron chi connectivity index (χ2n) is 8.40. The van der Waals surface area contributed by atoms with Crippen molar-refractivity contribution in [2.24, 2.45) is 0 Å². The maximum absolute atomic E-state index is 13.4. The Bertz CT molecular complexity index is 1310. The van der Waals surface area contributed by atoms with Crippen LogP contribution in [0.4, 0.5) is 14.5 Å². The van der Waals surface area contributed by atoms with Gasteiger partial charge in [-0.3, -0.25) is 9.48 Å². The zero-order valence-corrected chi connectivity index (χ0v) is 19.8. The fourth-order valence-electron chi connectivity index (χ4n) is 4.15. The molecule has 1 aliphatic heterocycles. The van der Waals surface area contributed by atoms with Crippen LogP contribution in [0.1, 0.15) is 46.6 Å². The molecule has 1 amide bonds. The number of piperidine rings is 1. The second kappa shape index (κ2) is 9.63. The van der Waals surface area contributed by atoms with Crippen molar-refractivity contribution in [2.45, 2.75) is 44.6 Å². The molecule has 34 heavy (non-hydrogen) atoms. The van der Waals surface area contributed by atoms with E-state index in [0.717, 1.165) is 37.0 Å². The van der Waals surface area contributed by atoms with E-state index in [1.807, 2.05) is 0 Å². The molecule has 0 aliphatic carbocycles. The Morgan fingerprint density at radius 1 is 1.00 bits per heavy atom. The predicted molar refractivity (Wildman–Crippen MR) is 124 cm³/mol. The summed E-state index contributed by atoms with van der Waals surface area (Å²) in [6.07, 6.45) is 2.76. The molecule has 7 nitrogen and oxygen atoms in total. The summed E-state index contributed by atoms with van der Waals surface area (Å²) in [5.41, 5.74) is 2.36. The summed E-state index contributed by atoms with van der Waals surface area (Å²) in [5.74, 6) is -2.49. The third-order valence-corrected chi connectivity index (χ3v) is 8.11. The van der Waals surface area contributed by atoms with Crippen LogP contribution in [0.15, 0.2) is 47.4 Å². The van der Waals surface area contributed by atoms with Crippen LogP contribution in [-0.2, 0) is 16.6 Å². The van der Waals surface area contributed by atoms with E-state index in [4.69, 9.17) is 0 Å². The fraction of sp³-hybridized carbons (Fsp3) is 0.333. The van der Waals surface area contributed by atoms with E-state index in [1.54, 1.807) is 42.8 Å². The molecule has 0 unspecified atom stereocenters. The molecule has 1 N–H and O–H groups in total. The van der Waals surface area contributed by atoms with Gasteiger partial charge in [0.05, 0.1) is 17.9 Å². The number of aryl methyl sites for hydroxylation is 1. The third-order valence-electron chi connectivity index (χ3n) is 5.95.